The molecule has 1 aromatic carbocycles. The third kappa shape index (κ3) is 4.32. The van der Waals surface area contributed by atoms with Crippen LogP contribution in [0.15, 0.2) is 23.1 Å². The van der Waals surface area contributed by atoms with E-state index in [-0.39, 0.29) is 10.4 Å². The number of aliphatic carboxylic acids is 1. The van der Waals surface area contributed by atoms with Crippen LogP contribution in [0.3, 0.4) is 0 Å². The second kappa shape index (κ2) is 7.88. The highest BCUT2D eigenvalue weighted by Crippen LogP contribution is 2.35. The Balaban J connectivity index is 2.30. The number of carboxylic acids is 1. The van der Waals surface area contributed by atoms with Crippen molar-refractivity contribution in [1.82, 2.24) is 4.90 Å². The second-order valence-electron chi connectivity index (χ2n) is 5.62. The highest BCUT2D eigenvalue weighted by atomic mass is 32.2. The summed E-state index contributed by atoms with van der Waals surface area (Å²) in [6.07, 6.45) is 1.64. The molecule has 6 nitrogen and oxygen atoms in total. The van der Waals surface area contributed by atoms with E-state index in [0.29, 0.717) is 16.4 Å². The molecule has 1 unspecified atom stereocenters. The molecule has 1 saturated heterocycles. The van der Waals surface area contributed by atoms with Crippen molar-refractivity contribution in [3.8, 4) is 11.5 Å². The van der Waals surface area contributed by atoms with E-state index >= 15 is 0 Å². The van der Waals surface area contributed by atoms with Crippen LogP contribution in [0.4, 0.5) is 0 Å². The normalized spacial score (nSPS) is 17.3. The molecular weight excluding hydrogens is 362 g/mol. The molecule has 0 N–H and O–H groups in total. The summed E-state index contributed by atoms with van der Waals surface area (Å²) in [6.45, 7) is 5.19. The van der Waals surface area contributed by atoms with E-state index in [4.69, 9.17) is 21.7 Å². The van der Waals surface area contributed by atoms with Crippen molar-refractivity contribution in [2.75, 3.05) is 7.11 Å². The molecule has 8 heteroatoms. The first-order valence-electron chi connectivity index (χ1n) is 7.57. The monoisotopic (exact) mass is 380 g/mol. The van der Waals surface area contributed by atoms with Crippen molar-refractivity contribution >= 4 is 46.3 Å². The number of carboxylic acid groups (broad SMARTS) is 1. The number of carbonyl (C=O) groups excluding carboxylic acids is 2. The Bertz CT molecular complexity index is 745. The number of carbonyl (C=O) groups is 2. The fraction of sp³-hybridized carbons (Fsp3) is 0.353. The van der Waals surface area contributed by atoms with Crippen molar-refractivity contribution < 1.29 is 24.2 Å². The quantitative estimate of drug-likeness (QED) is 0.550. The summed E-state index contributed by atoms with van der Waals surface area (Å²) in [6, 6.07) is 4.17. The molecule has 0 saturated carbocycles. The molecule has 1 aromatic rings. The van der Waals surface area contributed by atoms with Crippen LogP contribution in [-0.2, 0) is 9.59 Å². The molecule has 0 spiro atoms. The van der Waals surface area contributed by atoms with Crippen LogP contribution < -0.4 is 14.6 Å². The van der Waals surface area contributed by atoms with Crippen molar-refractivity contribution in [3.63, 3.8) is 0 Å². The summed E-state index contributed by atoms with van der Waals surface area (Å²) in [5, 5.41) is 11.0. The zero-order valence-electron chi connectivity index (χ0n) is 14.3. The summed E-state index contributed by atoms with van der Waals surface area (Å²) in [5.41, 5.74) is 0.717. The van der Waals surface area contributed by atoms with Gasteiger partial charge in [-0.05, 0) is 44.5 Å². The van der Waals surface area contributed by atoms with Gasteiger partial charge in [0.05, 0.1) is 30.1 Å². The molecule has 1 atom stereocenters. The number of amides is 1. The minimum Gasteiger partial charge on any atom is -0.548 e. The van der Waals surface area contributed by atoms with Crippen LogP contribution in [-0.4, -0.2) is 40.4 Å². The molecule has 1 amide bonds. The lowest BCUT2D eigenvalue weighted by atomic mass is 10.1. The topological polar surface area (TPSA) is 78.9 Å². The lowest BCUT2D eigenvalue weighted by Gasteiger charge is -2.23. The van der Waals surface area contributed by atoms with Crippen molar-refractivity contribution in [1.29, 1.82) is 0 Å². The summed E-state index contributed by atoms with van der Waals surface area (Å²) >= 11 is 6.17. The maximum Gasteiger partial charge on any atom is 0.266 e. The number of thiocarbonyl (C=S) groups is 1. The minimum absolute atomic E-state index is 0.00196. The standard InChI is InChI=1S/C17H19NO5S2/c1-9(2)23-12-6-5-11(7-13(12)22-4)8-14-15(19)18(17(24)25-14)10(3)16(20)21/h5-10H,1-4H3,(H,20,21)/p-1. The first kappa shape index (κ1) is 19.3. The molecule has 1 heterocycles. The number of benzene rings is 1. The number of hydrogen-bond acceptors (Lipinski definition) is 7. The van der Waals surface area contributed by atoms with Gasteiger partial charge < -0.3 is 19.4 Å². The Kier molecular flexibility index (Phi) is 6.07. The van der Waals surface area contributed by atoms with Crippen molar-refractivity contribution in [2.24, 2.45) is 0 Å². The molecule has 1 fully saturated rings. The third-order valence-corrected chi connectivity index (χ3v) is 4.73. The fourth-order valence-corrected chi connectivity index (χ4v) is 3.61. The number of methoxy groups -OCH3 is 1. The van der Waals surface area contributed by atoms with E-state index in [1.165, 1.54) is 14.0 Å². The predicted octanol–water partition coefficient (Wildman–Crippen LogP) is 1.82. The van der Waals surface area contributed by atoms with E-state index < -0.39 is 17.9 Å². The number of rotatable bonds is 6. The van der Waals surface area contributed by atoms with Crippen LogP contribution >= 0.6 is 24.0 Å². The molecule has 0 radical (unpaired) electrons. The molecule has 0 bridgehead atoms. The Morgan fingerprint density at radius 1 is 1.32 bits per heavy atom. The van der Waals surface area contributed by atoms with Crippen LogP contribution in [0.5, 0.6) is 11.5 Å². The maximum absolute atomic E-state index is 12.4. The summed E-state index contributed by atoms with van der Waals surface area (Å²) in [7, 11) is 1.54. The Labute approximate surface area is 155 Å². The number of ether oxygens (including phenoxy) is 2. The Hall–Kier alpha value is -2.06. The van der Waals surface area contributed by atoms with E-state index in [0.717, 1.165) is 22.2 Å². The van der Waals surface area contributed by atoms with Gasteiger partial charge in [-0.3, -0.25) is 9.69 Å². The van der Waals surface area contributed by atoms with Crippen LogP contribution in [0, 0.1) is 0 Å². The minimum atomic E-state index is -1.35. The van der Waals surface area contributed by atoms with Crippen LogP contribution in [0.2, 0.25) is 0 Å². The summed E-state index contributed by atoms with van der Waals surface area (Å²) < 4.78 is 11.2. The van der Waals surface area contributed by atoms with Gasteiger partial charge in [0.15, 0.2) is 11.5 Å². The largest absolute Gasteiger partial charge is 0.548 e. The smallest absolute Gasteiger partial charge is 0.266 e. The molecule has 0 aliphatic carbocycles. The van der Waals surface area contributed by atoms with E-state index in [2.05, 4.69) is 0 Å². The number of hydrogen-bond donors (Lipinski definition) is 0. The van der Waals surface area contributed by atoms with Gasteiger partial charge in [0, 0.05) is 0 Å². The zero-order valence-corrected chi connectivity index (χ0v) is 15.9. The van der Waals surface area contributed by atoms with E-state index in [9.17, 15) is 14.7 Å². The van der Waals surface area contributed by atoms with Crippen molar-refractivity contribution in [3.05, 3.63) is 28.7 Å². The van der Waals surface area contributed by atoms with Gasteiger partial charge in [0.1, 0.15) is 4.32 Å². The van der Waals surface area contributed by atoms with Gasteiger partial charge in [0.25, 0.3) is 5.91 Å². The molecule has 134 valence electrons. The zero-order chi connectivity index (χ0) is 18.7. The highest BCUT2D eigenvalue weighted by molar-refractivity contribution is 8.26. The summed E-state index contributed by atoms with van der Waals surface area (Å²) in [4.78, 5) is 24.9. The molecule has 1 aliphatic heterocycles. The van der Waals surface area contributed by atoms with Gasteiger partial charge in [-0.2, -0.15) is 0 Å². The Morgan fingerprint density at radius 2 is 2.00 bits per heavy atom. The van der Waals surface area contributed by atoms with Crippen LogP contribution in [0.25, 0.3) is 6.08 Å². The van der Waals surface area contributed by atoms with Gasteiger partial charge in [-0.25, -0.2) is 0 Å². The number of nitrogens with zero attached hydrogens (tertiary/aromatic N) is 1. The van der Waals surface area contributed by atoms with Gasteiger partial charge >= 0.3 is 0 Å². The van der Waals surface area contributed by atoms with E-state index in [1.807, 2.05) is 13.8 Å². The fourth-order valence-electron chi connectivity index (χ4n) is 2.20. The summed E-state index contributed by atoms with van der Waals surface area (Å²) in [5.74, 6) is -0.656. The second-order valence-corrected chi connectivity index (χ2v) is 7.30. The van der Waals surface area contributed by atoms with E-state index in [1.54, 1.807) is 24.3 Å². The SMILES string of the molecule is COc1cc(C=C2SC(=S)N(C(C)C(=O)[O-])C2=O)ccc1OC(C)C. The highest BCUT2D eigenvalue weighted by Gasteiger charge is 2.35. The Morgan fingerprint density at radius 3 is 2.56 bits per heavy atom. The molecule has 2 rings (SSSR count). The average Bonchev–Trinajstić information content (AvgIpc) is 2.81. The lowest BCUT2D eigenvalue weighted by molar-refractivity contribution is -0.309. The molecular formula is C17H18NO5S2-. The maximum atomic E-state index is 12.4. The van der Waals surface area contributed by atoms with Gasteiger partial charge in [-0.15, -0.1) is 0 Å². The first-order valence-corrected chi connectivity index (χ1v) is 8.79. The average molecular weight is 380 g/mol. The van der Waals surface area contributed by atoms with Crippen LogP contribution in [0.1, 0.15) is 26.3 Å². The third-order valence-electron chi connectivity index (χ3n) is 3.40. The van der Waals surface area contributed by atoms with Gasteiger partial charge in [0.2, 0.25) is 0 Å². The molecule has 0 aromatic heterocycles. The molecule has 1 aliphatic rings. The lowest BCUT2D eigenvalue weighted by Crippen LogP contribution is -2.48. The number of thioether (sulfide) groups is 1. The molecule has 25 heavy (non-hydrogen) atoms. The first-order chi connectivity index (χ1) is 11.7. The van der Waals surface area contributed by atoms with Crippen molar-refractivity contribution in [2.45, 2.75) is 32.9 Å². The predicted molar refractivity (Wildman–Crippen MR) is 98.2 cm³/mol. The van der Waals surface area contributed by atoms with Gasteiger partial charge in [-0.1, -0.05) is 30.0 Å².